The first-order chi connectivity index (χ1) is 21.8. The predicted molar refractivity (Wildman–Crippen MR) is 184 cm³/mol. The number of hydrogen-bond acceptors (Lipinski definition) is 6. The van der Waals surface area contributed by atoms with Crippen LogP contribution >= 0.6 is 7.82 Å². The monoisotopic (exact) mass is 654 g/mol. The van der Waals surface area contributed by atoms with E-state index in [0.717, 1.165) is 89.9 Å². The first-order valence-corrected chi connectivity index (χ1v) is 19.0. The maximum Gasteiger partial charge on any atom is 0.469 e. The Balaban J connectivity index is 4.05. The SMILES string of the molecule is CC/C=C\C/C=C\C/C=C\CCCCCCCC(=O)OC[C@H](COP(=O)(O)O)OC(=O)CCCCCCC/C=C\CCCCC. The van der Waals surface area contributed by atoms with Gasteiger partial charge < -0.3 is 19.3 Å². The number of rotatable bonds is 31. The molecular formula is C36H63O8P. The number of ether oxygens (including phenoxy) is 2. The van der Waals surface area contributed by atoms with Gasteiger partial charge in [-0.25, -0.2) is 4.57 Å². The Labute approximate surface area is 274 Å². The molecule has 0 aromatic rings. The van der Waals surface area contributed by atoms with Crippen molar-refractivity contribution in [3.05, 3.63) is 48.6 Å². The first-order valence-electron chi connectivity index (χ1n) is 17.4. The van der Waals surface area contributed by atoms with Gasteiger partial charge in [-0.05, 0) is 70.6 Å². The number of carbonyl (C=O) groups is 2. The number of hydrogen-bond donors (Lipinski definition) is 2. The van der Waals surface area contributed by atoms with Gasteiger partial charge in [0.2, 0.25) is 0 Å². The minimum absolute atomic E-state index is 0.196. The summed E-state index contributed by atoms with van der Waals surface area (Å²) in [5.74, 6) is -0.921. The van der Waals surface area contributed by atoms with E-state index in [9.17, 15) is 14.2 Å². The van der Waals surface area contributed by atoms with Gasteiger partial charge in [-0.2, -0.15) is 0 Å². The molecule has 0 aromatic carbocycles. The quantitative estimate of drug-likeness (QED) is 0.0328. The third kappa shape index (κ3) is 34.7. The van der Waals surface area contributed by atoms with Crippen molar-refractivity contribution >= 4 is 19.8 Å². The van der Waals surface area contributed by atoms with Crippen LogP contribution in [-0.4, -0.2) is 41.0 Å². The fourth-order valence-corrected chi connectivity index (χ4v) is 4.86. The zero-order chi connectivity index (χ0) is 33.3. The lowest BCUT2D eigenvalue weighted by Gasteiger charge is -2.18. The smallest absolute Gasteiger partial charge is 0.462 e. The van der Waals surface area contributed by atoms with Crippen molar-refractivity contribution in [1.82, 2.24) is 0 Å². The van der Waals surface area contributed by atoms with Crippen LogP contribution in [0.2, 0.25) is 0 Å². The Morgan fingerprint density at radius 1 is 0.600 bits per heavy atom. The second kappa shape index (κ2) is 32.0. The Hall–Kier alpha value is -1.99. The molecule has 0 radical (unpaired) electrons. The van der Waals surface area contributed by atoms with Crippen LogP contribution in [0.3, 0.4) is 0 Å². The normalized spacial score (nSPS) is 13.1. The van der Waals surface area contributed by atoms with Gasteiger partial charge in [0.25, 0.3) is 0 Å². The predicted octanol–water partition coefficient (Wildman–Crippen LogP) is 10.0. The molecule has 0 aromatic heterocycles. The van der Waals surface area contributed by atoms with Gasteiger partial charge in [0.15, 0.2) is 6.10 Å². The Kier molecular flexibility index (Phi) is 30.6. The molecule has 0 aliphatic rings. The highest BCUT2D eigenvalue weighted by Gasteiger charge is 2.22. The lowest BCUT2D eigenvalue weighted by molar-refractivity contribution is -0.161. The molecule has 0 unspecified atom stereocenters. The summed E-state index contributed by atoms with van der Waals surface area (Å²) in [5.41, 5.74) is 0. The largest absolute Gasteiger partial charge is 0.469 e. The molecule has 1 atom stereocenters. The van der Waals surface area contributed by atoms with E-state index in [2.05, 4.69) is 67.0 Å². The van der Waals surface area contributed by atoms with Crippen LogP contribution in [0, 0.1) is 0 Å². The van der Waals surface area contributed by atoms with Crippen molar-refractivity contribution in [2.45, 2.75) is 155 Å². The molecule has 260 valence electrons. The standard InChI is InChI=1S/C36H63O8P/c1-3-5-7-9-11-13-15-17-18-19-21-22-24-26-28-30-35(37)42-32-34(33-43-45(39,40)41)44-36(38)31-29-27-25-23-20-16-14-12-10-8-6-4-2/h5,7,11-14,17-18,34H,3-4,6,8-10,15-16,19-33H2,1-2H3,(H2,39,40,41)/b7-5-,13-11-,14-12-,18-17-/t34-/m1/s1. The summed E-state index contributed by atoms with van der Waals surface area (Å²) in [7, 11) is -4.75. The van der Waals surface area contributed by atoms with Crippen molar-refractivity contribution in [3.8, 4) is 0 Å². The zero-order valence-electron chi connectivity index (χ0n) is 28.3. The molecule has 0 saturated heterocycles. The summed E-state index contributed by atoms with van der Waals surface area (Å²) in [6.45, 7) is 3.50. The molecule has 0 saturated carbocycles. The number of esters is 2. The van der Waals surface area contributed by atoms with Crippen LogP contribution in [-0.2, 0) is 28.2 Å². The van der Waals surface area contributed by atoms with Crippen LogP contribution in [0.4, 0.5) is 0 Å². The molecule has 0 spiro atoms. The maximum absolute atomic E-state index is 12.3. The molecule has 0 amide bonds. The molecular weight excluding hydrogens is 591 g/mol. The van der Waals surface area contributed by atoms with Gasteiger partial charge >= 0.3 is 19.8 Å². The van der Waals surface area contributed by atoms with Crippen LogP contribution in [0.25, 0.3) is 0 Å². The highest BCUT2D eigenvalue weighted by molar-refractivity contribution is 7.46. The van der Waals surface area contributed by atoms with Gasteiger partial charge in [-0.15, -0.1) is 0 Å². The van der Waals surface area contributed by atoms with Crippen molar-refractivity contribution < 1.29 is 37.9 Å². The maximum atomic E-state index is 12.3. The van der Waals surface area contributed by atoms with E-state index < -0.39 is 32.5 Å². The molecule has 0 aliphatic carbocycles. The molecule has 0 fully saturated rings. The van der Waals surface area contributed by atoms with Crippen LogP contribution in [0.1, 0.15) is 149 Å². The third-order valence-corrected chi connectivity index (χ3v) is 7.57. The van der Waals surface area contributed by atoms with Gasteiger partial charge in [0.1, 0.15) is 6.61 Å². The van der Waals surface area contributed by atoms with E-state index in [0.29, 0.717) is 12.8 Å². The molecule has 2 N–H and O–H groups in total. The lowest BCUT2D eigenvalue weighted by atomic mass is 10.1. The number of carbonyl (C=O) groups excluding carboxylic acids is 2. The highest BCUT2D eigenvalue weighted by atomic mass is 31.2. The summed E-state index contributed by atoms with van der Waals surface area (Å²) >= 11 is 0. The average molecular weight is 655 g/mol. The minimum Gasteiger partial charge on any atom is -0.462 e. The fourth-order valence-electron chi connectivity index (χ4n) is 4.50. The van der Waals surface area contributed by atoms with Crippen molar-refractivity contribution in [1.29, 1.82) is 0 Å². The molecule has 0 aliphatic heterocycles. The molecule has 0 heterocycles. The van der Waals surface area contributed by atoms with Crippen LogP contribution < -0.4 is 0 Å². The van der Waals surface area contributed by atoms with E-state index in [4.69, 9.17) is 19.3 Å². The zero-order valence-corrected chi connectivity index (χ0v) is 29.1. The second-order valence-corrected chi connectivity index (χ2v) is 12.7. The number of unbranched alkanes of at least 4 members (excludes halogenated alkanes) is 13. The Bertz CT molecular complexity index is 874. The summed E-state index contributed by atoms with van der Waals surface area (Å²) in [6.07, 6.45) is 36.9. The average Bonchev–Trinajstić information content (AvgIpc) is 3.00. The second-order valence-electron chi connectivity index (χ2n) is 11.5. The van der Waals surface area contributed by atoms with Crippen molar-refractivity contribution in [2.24, 2.45) is 0 Å². The van der Waals surface area contributed by atoms with E-state index in [1.165, 1.54) is 19.3 Å². The number of allylic oxidation sites excluding steroid dienone is 8. The lowest BCUT2D eigenvalue weighted by Crippen LogP contribution is -2.29. The summed E-state index contributed by atoms with van der Waals surface area (Å²) < 4.78 is 26.2. The van der Waals surface area contributed by atoms with Crippen molar-refractivity contribution in [3.63, 3.8) is 0 Å². The van der Waals surface area contributed by atoms with Gasteiger partial charge in [0.05, 0.1) is 6.61 Å². The van der Waals surface area contributed by atoms with E-state index >= 15 is 0 Å². The topological polar surface area (TPSA) is 119 Å². The van der Waals surface area contributed by atoms with Gasteiger partial charge in [-0.3, -0.25) is 14.1 Å². The molecule has 45 heavy (non-hydrogen) atoms. The van der Waals surface area contributed by atoms with E-state index in [1.54, 1.807) is 0 Å². The fraction of sp³-hybridized carbons (Fsp3) is 0.722. The van der Waals surface area contributed by atoms with Crippen LogP contribution in [0.15, 0.2) is 48.6 Å². The summed E-state index contributed by atoms with van der Waals surface area (Å²) in [6, 6.07) is 0. The van der Waals surface area contributed by atoms with Gasteiger partial charge in [-0.1, -0.05) is 114 Å². The molecule has 0 rings (SSSR count). The Morgan fingerprint density at radius 2 is 1.07 bits per heavy atom. The molecule has 8 nitrogen and oxygen atoms in total. The number of phosphoric ester groups is 1. The molecule has 0 bridgehead atoms. The molecule has 9 heteroatoms. The van der Waals surface area contributed by atoms with Crippen LogP contribution in [0.5, 0.6) is 0 Å². The highest BCUT2D eigenvalue weighted by Crippen LogP contribution is 2.35. The van der Waals surface area contributed by atoms with E-state index in [-0.39, 0.29) is 19.4 Å². The van der Waals surface area contributed by atoms with Crippen molar-refractivity contribution in [2.75, 3.05) is 13.2 Å². The summed E-state index contributed by atoms with van der Waals surface area (Å²) in [4.78, 5) is 42.6. The minimum atomic E-state index is -4.75. The number of phosphoric acid groups is 1. The first kappa shape index (κ1) is 43.0. The van der Waals surface area contributed by atoms with E-state index in [1.807, 2.05) is 0 Å². The Morgan fingerprint density at radius 3 is 1.62 bits per heavy atom. The van der Waals surface area contributed by atoms with Gasteiger partial charge in [0, 0.05) is 12.8 Å². The third-order valence-electron chi connectivity index (χ3n) is 7.08. The summed E-state index contributed by atoms with van der Waals surface area (Å²) in [5, 5.41) is 0.